The third-order valence-electron chi connectivity index (χ3n) is 5.04. The number of benzene rings is 1. The molecular formula is C20H31NO2. The second-order valence-electron chi connectivity index (χ2n) is 6.60. The molecule has 1 N–H and O–H groups in total. The number of rotatable bonds is 9. The molecule has 0 bridgehead atoms. The lowest BCUT2D eigenvalue weighted by molar-refractivity contribution is -0.143. The molecule has 1 atom stereocenters. The van der Waals surface area contributed by atoms with Gasteiger partial charge in [0.15, 0.2) is 0 Å². The van der Waals surface area contributed by atoms with Crippen LogP contribution in [0.25, 0.3) is 0 Å². The van der Waals surface area contributed by atoms with Gasteiger partial charge in [0.05, 0.1) is 6.61 Å². The van der Waals surface area contributed by atoms with Gasteiger partial charge in [0.25, 0.3) is 0 Å². The number of hydrogen-bond acceptors (Lipinski definition) is 3. The van der Waals surface area contributed by atoms with E-state index in [0.717, 1.165) is 24.8 Å². The van der Waals surface area contributed by atoms with Crippen molar-refractivity contribution in [1.29, 1.82) is 0 Å². The second-order valence-corrected chi connectivity index (χ2v) is 6.60. The summed E-state index contributed by atoms with van der Waals surface area (Å²) in [6, 6.07) is 8.47. The Hall–Kier alpha value is -1.51. The molecule has 1 aliphatic rings. The van der Waals surface area contributed by atoms with Gasteiger partial charge < -0.3 is 10.1 Å². The number of ether oxygens (including phenoxy) is 1. The van der Waals surface area contributed by atoms with Crippen LogP contribution in [-0.2, 0) is 16.0 Å². The minimum absolute atomic E-state index is 0.114. The van der Waals surface area contributed by atoms with Crippen LogP contribution in [0.5, 0.6) is 0 Å². The first-order valence-corrected chi connectivity index (χ1v) is 9.21. The second kappa shape index (κ2) is 9.59. The van der Waals surface area contributed by atoms with Gasteiger partial charge in [-0.2, -0.15) is 0 Å². The molecule has 0 aliphatic heterocycles. The first-order valence-electron chi connectivity index (χ1n) is 9.21. The molecule has 0 amide bonds. The fourth-order valence-corrected chi connectivity index (χ4v) is 3.59. The molecule has 128 valence electrons. The van der Waals surface area contributed by atoms with E-state index < -0.39 is 0 Å². The van der Waals surface area contributed by atoms with E-state index >= 15 is 0 Å². The number of hydrogen-bond donors (Lipinski definition) is 1. The van der Waals surface area contributed by atoms with Crippen LogP contribution in [0.3, 0.4) is 0 Å². The first kappa shape index (κ1) is 17.8. The van der Waals surface area contributed by atoms with Crippen LogP contribution in [0.15, 0.2) is 24.3 Å². The Bertz CT molecular complexity index is 463. The standard InChI is InChI=1S/C20H31NO2/c1-3-17(18-7-5-6-8-18)15-21-19-12-9-16(10-13-19)11-14-20(22)23-4-2/h9-10,12-13,17-18,21H,3-8,11,14-15H2,1-2H3. The Balaban J connectivity index is 1.76. The molecule has 1 saturated carbocycles. The van der Waals surface area contributed by atoms with Crippen molar-refractivity contribution in [3.8, 4) is 0 Å². The predicted octanol–water partition coefficient (Wildman–Crippen LogP) is 4.81. The molecule has 1 unspecified atom stereocenters. The van der Waals surface area contributed by atoms with Crippen molar-refractivity contribution in [3.05, 3.63) is 29.8 Å². The van der Waals surface area contributed by atoms with E-state index in [9.17, 15) is 4.79 Å². The fourth-order valence-electron chi connectivity index (χ4n) is 3.59. The first-order chi connectivity index (χ1) is 11.2. The van der Waals surface area contributed by atoms with Crippen LogP contribution in [0.4, 0.5) is 5.69 Å². The molecule has 3 nitrogen and oxygen atoms in total. The highest BCUT2D eigenvalue weighted by Gasteiger charge is 2.23. The van der Waals surface area contributed by atoms with Crippen molar-refractivity contribution in [2.24, 2.45) is 11.8 Å². The summed E-state index contributed by atoms with van der Waals surface area (Å²) in [7, 11) is 0. The van der Waals surface area contributed by atoms with Crippen LogP contribution >= 0.6 is 0 Å². The molecule has 0 radical (unpaired) electrons. The van der Waals surface area contributed by atoms with Gasteiger partial charge in [-0.3, -0.25) is 4.79 Å². The molecule has 1 fully saturated rings. The zero-order valence-electron chi connectivity index (χ0n) is 14.6. The highest BCUT2D eigenvalue weighted by atomic mass is 16.5. The quantitative estimate of drug-likeness (QED) is 0.664. The SMILES string of the molecule is CCOC(=O)CCc1ccc(NCC(CC)C2CCCC2)cc1. The van der Waals surface area contributed by atoms with Crippen LogP contribution in [-0.4, -0.2) is 19.1 Å². The maximum atomic E-state index is 11.4. The minimum Gasteiger partial charge on any atom is -0.466 e. The van der Waals surface area contributed by atoms with Gasteiger partial charge in [-0.05, 0) is 42.9 Å². The van der Waals surface area contributed by atoms with Crippen molar-refractivity contribution in [1.82, 2.24) is 0 Å². The summed E-state index contributed by atoms with van der Waals surface area (Å²) in [5.41, 5.74) is 2.37. The lowest BCUT2D eigenvalue weighted by Crippen LogP contribution is -2.20. The van der Waals surface area contributed by atoms with Gasteiger partial charge in [-0.15, -0.1) is 0 Å². The Morgan fingerprint density at radius 2 is 1.91 bits per heavy atom. The maximum Gasteiger partial charge on any atom is 0.306 e. The number of esters is 1. The van der Waals surface area contributed by atoms with E-state index in [1.54, 1.807) is 0 Å². The van der Waals surface area contributed by atoms with E-state index in [-0.39, 0.29) is 5.97 Å². The van der Waals surface area contributed by atoms with E-state index in [0.29, 0.717) is 13.0 Å². The summed E-state index contributed by atoms with van der Waals surface area (Å²) < 4.78 is 4.96. The molecule has 3 heteroatoms. The van der Waals surface area contributed by atoms with E-state index in [2.05, 4.69) is 36.5 Å². The average molecular weight is 317 g/mol. The Morgan fingerprint density at radius 3 is 2.52 bits per heavy atom. The molecule has 0 heterocycles. The highest BCUT2D eigenvalue weighted by Crippen LogP contribution is 2.33. The topological polar surface area (TPSA) is 38.3 Å². The van der Waals surface area contributed by atoms with Gasteiger partial charge in [-0.1, -0.05) is 51.2 Å². The monoisotopic (exact) mass is 317 g/mol. The zero-order chi connectivity index (χ0) is 16.5. The average Bonchev–Trinajstić information content (AvgIpc) is 3.09. The third-order valence-corrected chi connectivity index (χ3v) is 5.04. The number of carbonyl (C=O) groups is 1. The fraction of sp³-hybridized carbons (Fsp3) is 0.650. The van der Waals surface area contributed by atoms with E-state index in [1.165, 1.54) is 43.4 Å². The molecule has 0 saturated heterocycles. The summed E-state index contributed by atoms with van der Waals surface area (Å²) in [6.45, 7) is 5.68. The number of anilines is 1. The van der Waals surface area contributed by atoms with Gasteiger partial charge >= 0.3 is 5.97 Å². The van der Waals surface area contributed by atoms with E-state index in [4.69, 9.17) is 4.74 Å². The molecule has 0 aromatic heterocycles. The Labute approximate surface area is 140 Å². The zero-order valence-corrected chi connectivity index (χ0v) is 14.6. The van der Waals surface area contributed by atoms with Crippen molar-refractivity contribution in [2.75, 3.05) is 18.5 Å². The Kier molecular flexibility index (Phi) is 7.44. The van der Waals surface area contributed by atoms with Crippen LogP contribution in [0.2, 0.25) is 0 Å². The van der Waals surface area contributed by atoms with Gasteiger partial charge in [0.2, 0.25) is 0 Å². The number of aryl methyl sites for hydroxylation is 1. The molecule has 2 rings (SSSR count). The number of nitrogens with one attached hydrogen (secondary N) is 1. The summed E-state index contributed by atoms with van der Waals surface area (Å²) in [5.74, 6) is 1.59. The summed E-state index contributed by atoms with van der Waals surface area (Å²) >= 11 is 0. The molecule has 1 aliphatic carbocycles. The third kappa shape index (κ3) is 5.89. The van der Waals surface area contributed by atoms with Crippen molar-refractivity contribution in [2.45, 2.75) is 58.8 Å². The molecular weight excluding hydrogens is 286 g/mol. The van der Waals surface area contributed by atoms with Crippen molar-refractivity contribution >= 4 is 11.7 Å². The smallest absolute Gasteiger partial charge is 0.306 e. The van der Waals surface area contributed by atoms with Crippen LogP contribution in [0.1, 0.15) is 57.9 Å². The van der Waals surface area contributed by atoms with Gasteiger partial charge in [0.1, 0.15) is 0 Å². The molecule has 23 heavy (non-hydrogen) atoms. The summed E-state index contributed by atoms with van der Waals surface area (Å²) in [5, 5.41) is 3.59. The predicted molar refractivity (Wildman–Crippen MR) is 95.6 cm³/mol. The summed E-state index contributed by atoms with van der Waals surface area (Å²) in [6.07, 6.45) is 8.11. The lowest BCUT2D eigenvalue weighted by Gasteiger charge is -2.23. The molecule has 1 aromatic carbocycles. The number of carbonyl (C=O) groups excluding carboxylic acids is 1. The normalized spacial score (nSPS) is 16.3. The van der Waals surface area contributed by atoms with Crippen molar-refractivity contribution in [3.63, 3.8) is 0 Å². The van der Waals surface area contributed by atoms with Crippen LogP contribution in [0, 0.1) is 11.8 Å². The van der Waals surface area contributed by atoms with Crippen molar-refractivity contribution < 1.29 is 9.53 Å². The largest absolute Gasteiger partial charge is 0.466 e. The van der Waals surface area contributed by atoms with Gasteiger partial charge in [-0.25, -0.2) is 0 Å². The highest BCUT2D eigenvalue weighted by molar-refractivity contribution is 5.69. The van der Waals surface area contributed by atoms with Gasteiger partial charge in [0, 0.05) is 18.7 Å². The Morgan fingerprint density at radius 1 is 1.22 bits per heavy atom. The van der Waals surface area contributed by atoms with E-state index in [1.807, 2.05) is 6.92 Å². The summed E-state index contributed by atoms with van der Waals surface area (Å²) in [4.78, 5) is 11.4. The minimum atomic E-state index is -0.114. The van der Waals surface area contributed by atoms with Crippen LogP contribution < -0.4 is 5.32 Å². The molecule has 1 aromatic rings. The molecule has 0 spiro atoms. The lowest BCUT2D eigenvalue weighted by atomic mass is 9.88. The maximum absolute atomic E-state index is 11.4.